The van der Waals surface area contributed by atoms with Gasteiger partial charge in [-0.3, -0.25) is 4.79 Å². The first kappa shape index (κ1) is 27.7. The van der Waals surface area contributed by atoms with Gasteiger partial charge in [-0.2, -0.15) is 0 Å². The van der Waals surface area contributed by atoms with Crippen LogP contribution in [0, 0.1) is 0 Å². The molecular weight excluding hydrogens is 512 g/mol. The highest BCUT2D eigenvalue weighted by molar-refractivity contribution is 7.90. The highest BCUT2D eigenvalue weighted by atomic mass is 32.2. The number of aryl methyl sites for hydroxylation is 1. The number of para-hydroxylation sites is 1. The minimum absolute atomic E-state index is 0.134. The van der Waals surface area contributed by atoms with E-state index in [1.807, 2.05) is 42.5 Å². The molecule has 4 rings (SSSR count). The molecule has 0 aromatic heterocycles. The molecule has 0 aliphatic carbocycles. The number of hydrogen-bond donors (Lipinski definition) is 2. The van der Waals surface area contributed by atoms with Gasteiger partial charge in [-0.15, -0.1) is 0 Å². The molecule has 39 heavy (non-hydrogen) atoms. The van der Waals surface area contributed by atoms with Gasteiger partial charge in [-0.05, 0) is 71.5 Å². The summed E-state index contributed by atoms with van der Waals surface area (Å²) in [5.41, 5.74) is 10.3. The van der Waals surface area contributed by atoms with Crippen LogP contribution in [0.4, 0.5) is 5.69 Å². The van der Waals surface area contributed by atoms with E-state index >= 15 is 0 Å². The SMILES string of the molecule is COc1ccccc1C(=O)NCCCc1cccc(CS(=O)(=O)c2cc(-c3cccc(N)c3)ccc2OC)c1. The zero-order valence-corrected chi connectivity index (χ0v) is 22.8. The van der Waals surface area contributed by atoms with E-state index < -0.39 is 9.84 Å². The van der Waals surface area contributed by atoms with Gasteiger partial charge >= 0.3 is 0 Å². The number of benzene rings is 4. The maximum absolute atomic E-state index is 13.5. The minimum Gasteiger partial charge on any atom is -0.496 e. The predicted octanol–water partition coefficient (Wildman–Crippen LogP) is 5.29. The number of nitrogens with one attached hydrogen (secondary N) is 1. The number of sulfone groups is 1. The van der Waals surface area contributed by atoms with Crippen molar-refractivity contribution < 1.29 is 22.7 Å². The van der Waals surface area contributed by atoms with Crippen molar-refractivity contribution in [1.29, 1.82) is 0 Å². The van der Waals surface area contributed by atoms with Crippen molar-refractivity contribution in [2.75, 3.05) is 26.5 Å². The topological polar surface area (TPSA) is 108 Å². The van der Waals surface area contributed by atoms with Crippen LogP contribution in [0.25, 0.3) is 11.1 Å². The summed E-state index contributed by atoms with van der Waals surface area (Å²) in [6.07, 6.45) is 1.39. The van der Waals surface area contributed by atoms with Crippen molar-refractivity contribution in [2.24, 2.45) is 0 Å². The maximum atomic E-state index is 13.5. The number of rotatable bonds is 11. The lowest BCUT2D eigenvalue weighted by Gasteiger charge is -2.13. The van der Waals surface area contributed by atoms with Gasteiger partial charge in [0, 0.05) is 12.2 Å². The first-order chi connectivity index (χ1) is 18.8. The van der Waals surface area contributed by atoms with Crippen molar-refractivity contribution in [3.05, 3.63) is 108 Å². The second-order valence-corrected chi connectivity index (χ2v) is 11.1. The van der Waals surface area contributed by atoms with Crippen LogP contribution in [0.3, 0.4) is 0 Å². The molecular formula is C31H32N2O5S. The lowest BCUT2D eigenvalue weighted by molar-refractivity contribution is 0.0950. The van der Waals surface area contributed by atoms with Gasteiger partial charge in [0.1, 0.15) is 16.4 Å². The predicted molar refractivity (Wildman–Crippen MR) is 154 cm³/mol. The first-order valence-electron chi connectivity index (χ1n) is 12.6. The smallest absolute Gasteiger partial charge is 0.255 e. The summed E-state index contributed by atoms with van der Waals surface area (Å²) in [4.78, 5) is 12.6. The molecule has 0 aliphatic rings. The van der Waals surface area contributed by atoms with Crippen molar-refractivity contribution in [2.45, 2.75) is 23.5 Å². The number of hydrogen-bond acceptors (Lipinski definition) is 6. The molecule has 0 bridgehead atoms. The van der Waals surface area contributed by atoms with Crippen LogP contribution in [0.1, 0.15) is 27.9 Å². The molecule has 4 aromatic rings. The van der Waals surface area contributed by atoms with Crippen molar-refractivity contribution >= 4 is 21.4 Å². The van der Waals surface area contributed by atoms with Crippen LogP contribution in [0.2, 0.25) is 0 Å². The van der Waals surface area contributed by atoms with Gasteiger partial charge in [-0.1, -0.05) is 54.6 Å². The number of carbonyl (C=O) groups is 1. The molecule has 0 atom stereocenters. The Bertz CT molecular complexity index is 1570. The first-order valence-corrected chi connectivity index (χ1v) is 14.2. The van der Waals surface area contributed by atoms with Crippen LogP contribution in [0.5, 0.6) is 11.5 Å². The average molecular weight is 545 g/mol. The number of methoxy groups -OCH3 is 2. The Kier molecular flexibility index (Phi) is 8.88. The highest BCUT2D eigenvalue weighted by Crippen LogP contribution is 2.32. The monoisotopic (exact) mass is 544 g/mol. The lowest BCUT2D eigenvalue weighted by atomic mass is 10.1. The molecule has 4 aromatic carbocycles. The maximum Gasteiger partial charge on any atom is 0.255 e. The van der Waals surface area contributed by atoms with E-state index in [-0.39, 0.29) is 16.6 Å². The van der Waals surface area contributed by atoms with Gasteiger partial charge < -0.3 is 20.5 Å². The van der Waals surface area contributed by atoms with E-state index in [0.717, 1.165) is 16.7 Å². The molecule has 0 unspecified atom stereocenters. The standard InChI is InChI=1S/C31H32N2O5S/c1-37-28-14-4-3-13-27(28)31(34)33-17-7-10-22-8-5-9-23(18-22)21-39(35,36)30-20-25(15-16-29(30)38-2)24-11-6-12-26(32)19-24/h3-6,8-9,11-16,18-20H,7,10,17,21,32H2,1-2H3,(H,33,34). The summed E-state index contributed by atoms with van der Waals surface area (Å²) in [5.74, 6) is 0.465. The summed E-state index contributed by atoms with van der Waals surface area (Å²) in [6, 6.07) is 27.0. The van der Waals surface area contributed by atoms with Crippen molar-refractivity contribution in [3.8, 4) is 22.6 Å². The molecule has 3 N–H and O–H groups in total. The van der Waals surface area contributed by atoms with Crippen molar-refractivity contribution in [3.63, 3.8) is 0 Å². The lowest BCUT2D eigenvalue weighted by Crippen LogP contribution is -2.25. The Morgan fingerprint density at radius 2 is 1.51 bits per heavy atom. The van der Waals surface area contributed by atoms with E-state index in [1.165, 1.54) is 14.2 Å². The Morgan fingerprint density at radius 1 is 0.795 bits per heavy atom. The van der Waals surface area contributed by atoms with Gasteiger partial charge in [0.05, 0.1) is 25.5 Å². The summed E-state index contributed by atoms with van der Waals surface area (Å²) in [6.45, 7) is 0.480. The second-order valence-electron chi connectivity index (χ2n) is 9.13. The van der Waals surface area contributed by atoms with Crippen LogP contribution in [-0.4, -0.2) is 35.1 Å². The summed E-state index contributed by atoms with van der Waals surface area (Å²) in [5, 5.41) is 2.92. The van der Waals surface area contributed by atoms with Crippen LogP contribution < -0.4 is 20.5 Å². The molecule has 202 valence electrons. The Morgan fingerprint density at radius 3 is 2.28 bits per heavy atom. The molecule has 7 nitrogen and oxygen atoms in total. The number of amides is 1. The quantitative estimate of drug-likeness (QED) is 0.196. The molecule has 0 aliphatic heterocycles. The van der Waals surface area contributed by atoms with Crippen LogP contribution >= 0.6 is 0 Å². The van der Waals surface area contributed by atoms with E-state index in [2.05, 4.69) is 5.32 Å². The fourth-order valence-electron chi connectivity index (χ4n) is 4.41. The number of anilines is 1. The molecule has 0 radical (unpaired) electrons. The fourth-order valence-corrected chi connectivity index (χ4v) is 5.95. The van der Waals surface area contributed by atoms with Crippen LogP contribution in [0.15, 0.2) is 95.9 Å². The van der Waals surface area contributed by atoms with E-state index in [9.17, 15) is 13.2 Å². The number of carbonyl (C=O) groups excluding carboxylic acids is 1. The Labute approximate surface area is 229 Å². The number of nitrogen functional groups attached to an aromatic ring is 1. The third-order valence-corrected chi connectivity index (χ3v) is 8.05. The van der Waals surface area contributed by atoms with Crippen LogP contribution in [-0.2, 0) is 22.0 Å². The minimum atomic E-state index is -3.71. The van der Waals surface area contributed by atoms with Gasteiger partial charge in [-0.25, -0.2) is 8.42 Å². The molecule has 8 heteroatoms. The molecule has 0 saturated heterocycles. The average Bonchev–Trinajstić information content (AvgIpc) is 2.94. The molecule has 0 spiro atoms. The molecule has 1 amide bonds. The van der Waals surface area contributed by atoms with Gasteiger partial charge in [0.2, 0.25) is 0 Å². The van der Waals surface area contributed by atoms with E-state index in [4.69, 9.17) is 15.2 Å². The van der Waals surface area contributed by atoms with E-state index in [0.29, 0.717) is 47.7 Å². The van der Waals surface area contributed by atoms with E-state index in [1.54, 1.807) is 48.5 Å². The largest absolute Gasteiger partial charge is 0.496 e. The normalized spacial score (nSPS) is 11.1. The molecule has 0 heterocycles. The number of nitrogens with two attached hydrogens (primary N) is 1. The summed E-state index contributed by atoms with van der Waals surface area (Å²) >= 11 is 0. The zero-order valence-electron chi connectivity index (χ0n) is 22.0. The van der Waals surface area contributed by atoms with Gasteiger partial charge in [0.25, 0.3) is 5.91 Å². The third-order valence-electron chi connectivity index (χ3n) is 6.35. The molecule has 0 saturated carbocycles. The third kappa shape index (κ3) is 6.97. The summed E-state index contributed by atoms with van der Waals surface area (Å²) in [7, 11) is -0.719. The second kappa shape index (κ2) is 12.5. The highest BCUT2D eigenvalue weighted by Gasteiger charge is 2.22. The Hall–Kier alpha value is -4.30. The van der Waals surface area contributed by atoms with Crippen molar-refractivity contribution in [1.82, 2.24) is 5.32 Å². The zero-order chi connectivity index (χ0) is 27.8. The van der Waals surface area contributed by atoms with Gasteiger partial charge in [0.15, 0.2) is 9.84 Å². The Balaban J connectivity index is 1.43. The summed E-state index contributed by atoms with van der Waals surface area (Å²) < 4.78 is 37.7. The molecule has 0 fully saturated rings. The number of ether oxygens (including phenoxy) is 2. The fraction of sp³-hybridized carbons (Fsp3) is 0.194.